The van der Waals surface area contributed by atoms with Crippen LogP contribution >= 0.6 is 0 Å². The van der Waals surface area contributed by atoms with E-state index < -0.39 is 0 Å². The first-order valence-corrected chi connectivity index (χ1v) is 5.85. The van der Waals surface area contributed by atoms with Crippen molar-refractivity contribution in [2.24, 2.45) is 12.5 Å². The third-order valence-electron chi connectivity index (χ3n) is 3.57. The molecule has 1 heterocycles. The maximum Gasteiger partial charge on any atom is 0.0577 e. The lowest BCUT2D eigenvalue weighted by atomic mass is 9.82. The fraction of sp³-hybridized carbons (Fsp3) is 0.750. The average Bonchev–Trinajstić information content (AvgIpc) is 2.64. The van der Waals surface area contributed by atoms with Gasteiger partial charge in [-0.2, -0.15) is 5.10 Å². The number of hydrogen-bond donors (Lipinski definition) is 2. The molecular weight excluding hydrogens is 202 g/mol. The van der Waals surface area contributed by atoms with Gasteiger partial charge in [0, 0.05) is 31.7 Å². The van der Waals surface area contributed by atoms with E-state index in [0.29, 0.717) is 0 Å². The second kappa shape index (κ2) is 5.46. The summed E-state index contributed by atoms with van der Waals surface area (Å²) in [4.78, 5) is 0. The van der Waals surface area contributed by atoms with Gasteiger partial charge in [0.1, 0.15) is 0 Å². The van der Waals surface area contributed by atoms with Crippen molar-refractivity contribution in [2.45, 2.75) is 39.8 Å². The summed E-state index contributed by atoms with van der Waals surface area (Å²) < 4.78 is 1.86. The largest absolute Gasteiger partial charge is 0.393 e. The molecule has 4 heteroatoms. The number of nitrogens with one attached hydrogen (secondary N) is 1. The first-order chi connectivity index (χ1) is 7.49. The van der Waals surface area contributed by atoms with Crippen LogP contribution in [0.5, 0.6) is 0 Å². The summed E-state index contributed by atoms with van der Waals surface area (Å²) >= 11 is 0. The number of aliphatic hydroxyl groups is 1. The molecule has 0 aliphatic carbocycles. The van der Waals surface area contributed by atoms with Crippen molar-refractivity contribution in [3.63, 3.8) is 0 Å². The van der Waals surface area contributed by atoms with Crippen LogP contribution in [0.25, 0.3) is 0 Å². The molecule has 0 aliphatic heterocycles. The molecule has 0 bridgehead atoms. The van der Waals surface area contributed by atoms with E-state index in [1.54, 1.807) is 6.20 Å². The number of nitrogens with zero attached hydrogens (tertiary/aromatic N) is 2. The van der Waals surface area contributed by atoms with Crippen LogP contribution in [-0.2, 0) is 13.6 Å². The van der Waals surface area contributed by atoms with Crippen molar-refractivity contribution in [1.29, 1.82) is 0 Å². The van der Waals surface area contributed by atoms with Crippen LogP contribution in [0.15, 0.2) is 12.3 Å². The first-order valence-electron chi connectivity index (χ1n) is 5.85. The lowest BCUT2D eigenvalue weighted by Crippen LogP contribution is -2.39. The van der Waals surface area contributed by atoms with Crippen molar-refractivity contribution in [2.75, 3.05) is 6.54 Å². The molecule has 0 saturated heterocycles. The Morgan fingerprint density at radius 3 is 2.75 bits per heavy atom. The zero-order valence-corrected chi connectivity index (χ0v) is 10.7. The Morgan fingerprint density at radius 2 is 2.31 bits per heavy atom. The van der Waals surface area contributed by atoms with Gasteiger partial charge < -0.3 is 10.4 Å². The number of hydrogen-bond acceptors (Lipinski definition) is 3. The molecule has 0 radical (unpaired) electrons. The van der Waals surface area contributed by atoms with Crippen LogP contribution in [-0.4, -0.2) is 27.5 Å². The Bertz CT molecular complexity index is 322. The maximum atomic E-state index is 9.73. The summed E-state index contributed by atoms with van der Waals surface area (Å²) in [6, 6.07) is 2.00. The molecule has 92 valence electrons. The molecule has 1 aromatic rings. The van der Waals surface area contributed by atoms with E-state index >= 15 is 0 Å². The van der Waals surface area contributed by atoms with Gasteiger partial charge >= 0.3 is 0 Å². The molecule has 2 N–H and O–H groups in total. The minimum atomic E-state index is -0.295. The molecule has 0 fully saturated rings. The van der Waals surface area contributed by atoms with E-state index in [0.717, 1.165) is 25.2 Å². The van der Waals surface area contributed by atoms with Crippen LogP contribution in [0.1, 0.15) is 32.9 Å². The summed E-state index contributed by atoms with van der Waals surface area (Å²) in [7, 11) is 1.94. The molecule has 2 unspecified atom stereocenters. The maximum absolute atomic E-state index is 9.73. The smallest absolute Gasteiger partial charge is 0.0577 e. The van der Waals surface area contributed by atoms with Crippen LogP contribution in [0.2, 0.25) is 0 Å². The number of aryl methyl sites for hydroxylation is 1. The molecule has 0 aromatic carbocycles. The van der Waals surface area contributed by atoms with E-state index in [-0.39, 0.29) is 11.5 Å². The number of aromatic nitrogens is 2. The lowest BCUT2D eigenvalue weighted by Gasteiger charge is -2.31. The summed E-state index contributed by atoms with van der Waals surface area (Å²) in [6.45, 7) is 7.67. The van der Waals surface area contributed by atoms with Gasteiger partial charge in [-0.05, 0) is 19.4 Å². The fourth-order valence-electron chi connectivity index (χ4n) is 1.62. The predicted molar refractivity (Wildman–Crippen MR) is 65.0 cm³/mol. The molecule has 1 rings (SSSR count). The zero-order valence-electron chi connectivity index (χ0n) is 10.7. The Morgan fingerprint density at radius 1 is 1.62 bits per heavy atom. The third-order valence-corrected chi connectivity index (χ3v) is 3.57. The van der Waals surface area contributed by atoms with Crippen LogP contribution in [0.3, 0.4) is 0 Å². The van der Waals surface area contributed by atoms with Gasteiger partial charge in [-0.25, -0.2) is 0 Å². The molecule has 0 amide bonds. The van der Waals surface area contributed by atoms with Gasteiger partial charge in [0.2, 0.25) is 0 Å². The third kappa shape index (κ3) is 3.06. The monoisotopic (exact) mass is 225 g/mol. The highest BCUT2D eigenvalue weighted by molar-refractivity contribution is 4.99. The quantitative estimate of drug-likeness (QED) is 0.767. The van der Waals surface area contributed by atoms with E-state index in [9.17, 15) is 5.11 Å². The molecule has 4 nitrogen and oxygen atoms in total. The van der Waals surface area contributed by atoms with Crippen molar-refractivity contribution in [3.8, 4) is 0 Å². The fourth-order valence-corrected chi connectivity index (χ4v) is 1.62. The minimum Gasteiger partial charge on any atom is -0.393 e. The molecule has 0 aliphatic rings. The summed E-state index contributed by atoms with van der Waals surface area (Å²) in [6.07, 6.45) is 2.46. The van der Waals surface area contributed by atoms with Gasteiger partial charge in [0.15, 0.2) is 0 Å². The number of rotatable bonds is 6. The summed E-state index contributed by atoms with van der Waals surface area (Å²) in [5.74, 6) is 0. The Hall–Kier alpha value is -0.870. The molecule has 0 saturated carbocycles. The molecular formula is C12H23N3O. The first kappa shape index (κ1) is 13.2. The van der Waals surface area contributed by atoms with Crippen molar-refractivity contribution >= 4 is 0 Å². The zero-order chi connectivity index (χ0) is 12.2. The molecule has 1 aromatic heterocycles. The lowest BCUT2D eigenvalue weighted by molar-refractivity contribution is 0.0488. The van der Waals surface area contributed by atoms with Crippen LogP contribution < -0.4 is 5.32 Å². The highest BCUT2D eigenvalue weighted by Crippen LogP contribution is 2.24. The predicted octanol–water partition coefficient (Wildman–Crippen LogP) is 1.31. The Labute approximate surface area is 97.7 Å². The molecule has 2 atom stereocenters. The van der Waals surface area contributed by atoms with Crippen molar-refractivity contribution in [3.05, 3.63) is 18.0 Å². The van der Waals surface area contributed by atoms with Gasteiger partial charge in [-0.1, -0.05) is 13.8 Å². The molecule has 0 spiro atoms. The average molecular weight is 225 g/mol. The standard InChI is InChI=1S/C12H23N3O/c1-5-12(3,10(2)16)9-13-8-11-6-7-14-15(11)4/h6-7,10,13,16H,5,8-9H2,1-4H3. The normalized spacial score (nSPS) is 17.1. The topological polar surface area (TPSA) is 50.1 Å². The highest BCUT2D eigenvalue weighted by atomic mass is 16.3. The number of aliphatic hydroxyl groups excluding tert-OH is 1. The van der Waals surface area contributed by atoms with Crippen molar-refractivity contribution < 1.29 is 5.11 Å². The van der Waals surface area contributed by atoms with Crippen LogP contribution in [0.4, 0.5) is 0 Å². The van der Waals surface area contributed by atoms with Crippen LogP contribution in [0, 0.1) is 5.41 Å². The van der Waals surface area contributed by atoms with E-state index in [1.165, 1.54) is 0 Å². The van der Waals surface area contributed by atoms with Gasteiger partial charge in [0.05, 0.1) is 11.8 Å². The van der Waals surface area contributed by atoms with Gasteiger partial charge in [-0.3, -0.25) is 4.68 Å². The van der Waals surface area contributed by atoms with E-state index in [1.807, 2.05) is 24.7 Å². The van der Waals surface area contributed by atoms with Gasteiger partial charge in [0.25, 0.3) is 0 Å². The SMILES string of the molecule is CCC(C)(CNCc1ccnn1C)C(C)O. The van der Waals surface area contributed by atoms with E-state index in [4.69, 9.17) is 0 Å². The minimum absolute atomic E-state index is 0.0570. The molecule has 16 heavy (non-hydrogen) atoms. The summed E-state index contributed by atoms with van der Waals surface area (Å²) in [5, 5.41) is 17.2. The van der Waals surface area contributed by atoms with E-state index in [2.05, 4.69) is 24.3 Å². The Kier molecular flexibility index (Phi) is 4.50. The van der Waals surface area contributed by atoms with Gasteiger partial charge in [-0.15, -0.1) is 0 Å². The summed E-state index contributed by atoms with van der Waals surface area (Å²) in [5.41, 5.74) is 1.10. The van der Waals surface area contributed by atoms with Crippen molar-refractivity contribution in [1.82, 2.24) is 15.1 Å². The Balaban J connectivity index is 2.43. The second-order valence-electron chi connectivity index (χ2n) is 4.73. The highest BCUT2D eigenvalue weighted by Gasteiger charge is 2.27. The second-order valence-corrected chi connectivity index (χ2v) is 4.73.